The van der Waals surface area contributed by atoms with Gasteiger partial charge in [0, 0.05) is 23.8 Å². The number of carbonyl (C=O) groups excluding carboxylic acids is 2. The molecule has 0 spiro atoms. The maximum atomic E-state index is 12.9. The molecule has 0 aliphatic carbocycles. The van der Waals surface area contributed by atoms with Crippen LogP contribution in [0.15, 0.2) is 78.9 Å². The summed E-state index contributed by atoms with van der Waals surface area (Å²) in [5.41, 5.74) is 4.79. The molecule has 3 amide bonds. The molecule has 32 heavy (non-hydrogen) atoms. The minimum absolute atomic E-state index is 0.0440. The number of hydrogen-bond acceptors (Lipinski definition) is 2. The molecule has 0 fully saturated rings. The summed E-state index contributed by atoms with van der Waals surface area (Å²) in [6.07, 6.45) is 1.82. The number of carbonyl (C=O) groups is 2. The van der Waals surface area contributed by atoms with E-state index in [1.807, 2.05) is 97.6 Å². The van der Waals surface area contributed by atoms with Gasteiger partial charge in [-0.15, -0.1) is 0 Å². The van der Waals surface area contributed by atoms with Gasteiger partial charge in [0.05, 0.1) is 6.04 Å². The topological polar surface area (TPSA) is 61.4 Å². The highest BCUT2D eigenvalue weighted by Gasteiger charge is 2.25. The van der Waals surface area contributed by atoms with Crippen LogP contribution in [-0.4, -0.2) is 18.5 Å². The fraction of sp³-hybridized carbons (Fsp3) is 0.259. The molecule has 0 aromatic heterocycles. The van der Waals surface area contributed by atoms with E-state index in [1.165, 1.54) is 0 Å². The number of nitrogens with one attached hydrogen (secondary N) is 2. The molecule has 0 saturated carbocycles. The molecule has 5 nitrogen and oxygen atoms in total. The molecular formula is C27H29N3O2. The summed E-state index contributed by atoms with van der Waals surface area (Å²) in [5, 5.41) is 6.08. The van der Waals surface area contributed by atoms with E-state index in [4.69, 9.17) is 0 Å². The lowest BCUT2D eigenvalue weighted by molar-refractivity contribution is -0.121. The quantitative estimate of drug-likeness (QED) is 0.562. The minimum atomic E-state index is -0.270. The van der Waals surface area contributed by atoms with Crippen molar-refractivity contribution < 1.29 is 9.59 Å². The Labute approximate surface area is 189 Å². The molecule has 3 aromatic carbocycles. The summed E-state index contributed by atoms with van der Waals surface area (Å²) in [4.78, 5) is 27.3. The van der Waals surface area contributed by atoms with Crippen molar-refractivity contribution in [2.45, 2.75) is 32.7 Å². The Balaban J connectivity index is 1.51. The molecule has 0 bridgehead atoms. The van der Waals surface area contributed by atoms with E-state index in [1.54, 1.807) is 0 Å². The Morgan fingerprint density at radius 3 is 2.09 bits per heavy atom. The molecule has 0 atom stereocenters. The zero-order chi connectivity index (χ0) is 22.5. The third kappa shape index (κ3) is 4.83. The summed E-state index contributed by atoms with van der Waals surface area (Å²) >= 11 is 0. The minimum Gasteiger partial charge on any atom is -0.327 e. The van der Waals surface area contributed by atoms with Gasteiger partial charge in [0.1, 0.15) is 0 Å². The Morgan fingerprint density at radius 1 is 0.875 bits per heavy atom. The summed E-state index contributed by atoms with van der Waals surface area (Å²) < 4.78 is 0. The van der Waals surface area contributed by atoms with E-state index < -0.39 is 0 Å². The highest BCUT2D eigenvalue weighted by molar-refractivity contribution is 5.96. The number of benzene rings is 3. The van der Waals surface area contributed by atoms with Crippen molar-refractivity contribution in [1.82, 2.24) is 5.32 Å². The standard InChI is InChI=1S/C27H29N3O2/c1-19(2)26(31)30-17-9-14-22-18-23(15-16-24(22)30)28-27(32)29-25(20-10-5-3-6-11-20)21-12-7-4-8-13-21/h3-8,10-13,15-16,18-19,25H,9,14,17H2,1-2H3,(H2,28,29,32). The van der Waals surface area contributed by atoms with Crippen LogP contribution in [0.1, 0.15) is 43.0 Å². The Kier molecular flexibility index (Phi) is 6.55. The number of rotatable bonds is 5. The normalized spacial score (nSPS) is 13.1. The summed E-state index contributed by atoms with van der Waals surface area (Å²) in [6, 6.07) is 25.1. The second-order valence-electron chi connectivity index (χ2n) is 8.44. The molecule has 1 aliphatic heterocycles. The van der Waals surface area contributed by atoms with Crippen LogP contribution in [0.2, 0.25) is 0 Å². The monoisotopic (exact) mass is 427 g/mol. The smallest absolute Gasteiger partial charge is 0.319 e. The molecule has 5 heteroatoms. The number of hydrogen-bond donors (Lipinski definition) is 2. The fourth-order valence-corrected chi connectivity index (χ4v) is 4.16. The van der Waals surface area contributed by atoms with E-state index in [-0.39, 0.29) is 23.9 Å². The third-order valence-electron chi connectivity index (χ3n) is 5.76. The van der Waals surface area contributed by atoms with Gasteiger partial charge in [0.15, 0.2) is 0 Å². The first-order valence-corrected chi connectivity index (χ1v) is 11.1. The Morgan fingerprint density at radius 2 is 1.50 bits per heavy atom. The van der Waals surface area contributed by atoms with Crippen LogP contribution in [0.4, 0.5) is 16.2 Å². The SMILES string of the molecule is CC(C)C(=O)N1CCCc2cc(NC(=O)NC(c3ccccc3)c3ccccc3)ccc21. The van der Waals surface area contributed by atoms with Gasteiger partial charge in [-0.3, -0.25) is 4.79 Å². The van der Waals surface area contributed by atoms with Crippen molar-refractivity contribution in [3.63, 3.8) is 0 Å². The van der Waals surface area contributed by atoms with Crippen molar-refractivity contribution in [2.75, 3.05) is 16.8 Å². The number of fused-ring (bicyclic) bond motifs is 1. The van der Waals surface area contributed by atoms with Gasteiger partial charge in [-0.2, -0.15) is 0 Å². The summed E-state index contributed by atoms with van der Waals surface area (Å²) in [6.45, 7) is 4.59. The van der Waals surface area contributed by atoms with Crippen LogP contribution < -0.4 is 15.5 Å². The predicted octanol–water partition coefficient (Wildman–Crippen LogP) is 5.53. The summed E-state index contributed by atoms with van der Waals surface area (Å²) in [7, 11) is 0. The highest BCUT2D eigenvalue weighted by Crippen LogP contribution is 2.31. The molecule has 1 heterocycles. The van der Waals surface area contributed by atoms with Crippen molar-refractivity contribution in [2.24, 2.45) is 5.92 Å². The van der Waals surface area contributed by atoms with Gasteiger partial charge in [0.25, 0.3) is 0 Å². The molecule has 0 unspecified atom stereocenters. The van der Waals surface area contributed by atoms with E-state index in [0.717, 1.165) is 47.5 Å². The van der Waals surface area contributed by atoms with Gasteiger partial charge >= 0.3 is 6.03 Å². The van der Waals surface area contributed by atoms with Gasteiger partial charge in [-0.25, -0.2) is 4.79 Å². The molecule has 4 rings (SSSR count). The number of aryl methyl sites for hydroxylation is 1. The first-order valence-electron chi connectivity index (χ1n) is 11.1. The maximum Gasteiger partial charge on any atom is 0.319 e. The largest absolute Gasteiger partial charge is 0.327 e. The second-order valence-corrected chi connectivity index (χ2v) is 8.44. The van der Waals surface area contributed by atoms with Gasteiger partial charge in [0.2, 0.25) is 5.91 Å². The molecule has 0 saturated heterocycles. The molecule has 3 aromatic rings. The molecule has 164 valence electrons. The Hall–Kier alpha value is -3.60. The van der Waals surface area contributed by atoms with E-state index >= 15 is 0 Å². The van der Waals surface area contributed by atoms with Crippen LogP contribution in [-0.2, 0) is 11.2 Å². The van der Waals surface area contributed by atoms with Crippen LogP contribution in [0.3, 0.4) is 0 Å². The number of urea groups is 1. The average Bonchev–Trinajstić information content (AvgIpc) is 2.82. The van der Waals surface area contributed by atoms with Crippen molar-refractivity contribution in [1.29, 1.82) is 0 Å². The van der Waals surface area contributed by atoms with Gasteiger partial charge in [-0.05, 0) is 47.7 Å². The van der Waals surface area contributed by atoms with Gasteiger partial charge < -0.3 is 15.5 Å². The van der Waals surface area contributed by atoms with E-state index in [2.05, 4.69) is 10.6 Å². The molecule has 0 radical (unpaired) electrons. The fourth-order valence-electron chi connectivity index (χ4n) is 4.16. The maximum absolute atomic E-state index is 12.9. The molecule has 1 aliphatic rings. The van der Waals surface area contributed by atoms with Crippen LogP contribution in [0.25, 0.3) is 0 Å². The number of amides is 3. The molecular weight excluding hydrogens is 398 g/mol. The lowest BCUT2D eigenvalue weighted by Crippen LogP contribution is -2.38. The first kappa shape index (κ1) is 21.6. The van der Waals surface area contributed by atoms with Crippen molar-refractivity contribution in [3.05, 3.63) is 95.6 Å². The van der Waals surface area contributed by atoms with Crippen molar-refractivity contribution in [3.8, 4) is 0 Å². The lowest BCUT2D eigenvalue weighted by atomic mass is 9.99. The predicted molar refractivity (Wildman–Crippen MR) is 129 cm³/mol. The summed E-state index contributed by atoms with van der Waals surface area (Å²) in [5.74, 6) is 0.0930. The van der Waals surface area contributed by atoms with E-state index in [9.17, 15) is 9.59 Å². The zero-order valence-corrected chi connectivity index (χ0v) is 18.5. The Bertz CT molecular complexity index is 1040. The third-order valence-corrected chi connectivity index (χ3v) is 5.76. The van der Waals surface area contributed by atoms with Gasteiger partial charge in [-0.1, -0.05) is 74.5 Å². The molecule has 2 N–H and O–H groups in total. The van der Waals surface area contributed by atoms with Crippen LogP contribution >= 0.6 is 0 Å². The second kappa shape index (κ2) is 9.69. The average molecular weight is 428 g/mol. The first-order chi connectivity index (χ1) is 15.5. The van der Waals surface area contributed by atoms with E-state index in [0.29, 0.717) is 0 Å². The zero-order valence-electron chi connectivity index (χ0n) is 18.5. The van der Waals surface area contributed by atoms with Crippen LogP contribution in [0, 0.1) is 5.92 Å². The lowest BCUT2D eigenvalue weighted by Gasteiger charge is -2.31. The highest BCUT2D eigenvalue weighted by atomic mass is 16.2. The van der Waals surface area contributed by atoms with Crippen LogP contribution in [0.5, 0.6) is 0 Å². The van der Waals surface area contributed by atoms with Crippen molar-refractivity contribution >= 4 is 23.3 Å². The number of nitrogens with zero attached hydrogens (tertiary/aromatic N) is 1. The number of anilines is 2.